The molecule has 1 aliphatic heterocycles. The van der Waals surface area contributed by atoms with Crippen LogP contribution in [-0.4, -0.2) is 46.1 Å². The number of benzene rings is 1. The quantitative estimate of drug-likeness (QED) is 0.796. The van der Waals surface area contributed by atoms with E-state index in [2.05, 4.69) is 20.7 Å². The van der Waals surface area contributed by atoms with Gasteiger partial charge in [0, 0.05) is 0 Å². The number of carbonyl (C=O) groups is 1. The normalized spacial score (nSPS) is 17.1. The van der Waals surface area contributed by atoms with Gasteiger partial charge in [0.05, 0.1) is 37.5 Å². The van der Waals surface area contributed by atoms with Crippen LogP contribution in [0.2, 0.25) is 0 Å². The summed E-state index contributed by atoms with van der Waals surface area (Å²) in [6.07, 6.45) is -0.889. The molecule has 1 heterocycles. The highest BCUT2D eigenvalue weighted by atomic mass is 79.9. The summed E-state index contributed by atoms with van der Waals surface area (Å²) < 4.78 is 36.6. The lowest BCUT2D eigenvalue weighted by Gasteiger charge is -2.19. The number of halogens is 1. The highest BCUT2D eigenvalue weighted by Gasteiger charge is 2.40. The van der Waals surface area contributed by atoms with Crippen LogP contribution in [-0.2, 0) is 14.9 Å². The van der Waals surface area contributed by atoms with Crippen molar-refractivity contribution in [3.05, 3.63) is 22.7 Å². The molecule has 0 radical (unpaired) electrons. The van der Waals surface area contributed by atoms with Gasteiger partial charge in [-0.2, -0.15) is 12.7 Å². The molecule has 0 bridgehead atoms. The second kappa shape index (κ2) is 5.49. The topological polar surface area (TPSA) is 76.2 Å². The molecule has 9 heteroatoms. The van der Waals surface area contributed by atoms with Gasteiger partial charge in [-0.3, -0.25) is 4.31 Å². The Kier molecular flexibility index (Phi) is 4.09. The molecule has 0 N–H and O–H groups in total. The van der Waals surface area contributed by atoms with Crippen molar-refractivity contribution < 1.29 is 22.7 Å². The van der Waals surface area contributed by atoms with Gasteiger partial charge in [0.2, 0.25) is 0 Å². The van der Waals surface area contributed by atoms with E-state index in [1.54, 1.807) is 18.2 Å². The fourth-order valence-electron chi connectivity index (χ4n) is 1.89. The van der Waals surface area contributed by atoms with Crippen molar-refractivity contribution in [2.24, 2.45) is 0 Å². The van der Waals surface area contributed by atoms with Crippen LogP contribution in [0.3, 0.4) is 0 Å². The summed E-state index contributed by atoms with van der Waals surface area (Å²) in [6, 6.07) is 4.88. The van der Waals surface area contributed by atoms with E-state index >= 15 is 0 Å². The van der Waals surface area contributed by atoms with Crippen molar-refractivity contribution in [3.8, 4) is 5.75 Å². The maximum Gasteiger partial charge on any atom is 0.424 e. The number of carbonyl (C=O) groups excluding carboxylic acids is 1. The van der Waals surface area contributed by atoms with Crippen molar-refractivity contribution in [2.45, 2.75) is 0 Å². The fourth-order valence-corrected chi connectivity index (χ4v) is 3.93. The Hall–Kier alpha value is -1.48. The monoisotopic (exact) mass is 364 g/mol. The van der Waals surface area contributed by atoms with Gasteiger partial charge in [0.1, 0.15) is 5.75 Å². The number of anilines is 1. The number of hydrogen-bond donors (Lipinski definition) is 0. The zero-order valence-electron chi connectivity index (χ0n) is 10.9. The Bertz CT molecular complexity index is 634. The zero-order valence-corrected chi connectivity index (χ0v) is 13.3. The molecule has 0 saturated carbocycles. The van der Waals surface area contributed by atoms with E-state index in [-0.39, 0.29) is 13.1 Å². The number of methoxy groups -OCH3 is 2. The van der Waals surface area contributed by atoms with E-state index < -0.39 is 16.3 Å². The molecule has 0 atom stereocenters. The molecule has 20 heavy (non-hydrogen) atoms. The van der Waals surface area contributed by atoms with E-state index in [0.29, 0.717) is 20.2 Å². The van der Waals surface area contributed by atoms with E-state index in [0.717, 1.165) is 11.4 Å². The fraction of sp³-hybridized carbons (Fsp3) is 0.364. The maximum atomic E-state index is 12.3. The van der Waals surface area contributed by atoms with Crippen molar-refractivity contribution in [2.75, 3.05) is 31.6 Å². The number of nitrogens with zero attached hydrogens (tertiary/aromatic N) is 2. The molecule has 1 aromatic rings. The van der Waals surface area contributed by atoms with E-state index in [1.807, 2.05) is 0 Å². The minimum Gasteiger partial charge on any atom is -0.496 e. The second-order valence-corrected chi connectivity index (χ2v) is 6.57. The molecule has 2 rings (SSSR count). The molecular formula is C11H13BrN2O5S. The lowest BCUT2D eigenvalue weighted by molar-refractivity contribution is 0.152. The Morgan fingerprint density at radius 2 is 2.00 bits per heavy atom. The molecule has 0 unspecified atom stereocenters. The average molecular weight is 365 g/mol. The van der Waals surface area contributed by atoms with E-state index in [4.69, 9.17) is 4.74 Å². The van der Waals surface area contributed by atoms with Gasteiger partial charge in [-0.05, 0) is 34.1 Å². The molecule has 1 saturated heterocycles. The van der Waals surface area contributed by atoms with Crippen LogP contribution in [0.5, 0.6) is 5.75 Å². The Morgan fingerprint density at radius 3 is 2.55 bits per heavy atom. The highest BCUT2D eigenvalue weighted by Crippen LogP contribution is 2.32. The summed E-state index contributed by atoms with van der Waals surface area (Å²) in [5.74, 6) is 0.593. The number of rotatable bonds is 2. The van der Waals surface area contributed by atoms with Gasteiger partial charge in [-0.25, -0.2) is 4.79 Å². The van der Waals surface area contributed by atoms with Crippen LogP contribution in [0.1, 0.15) is 0 Å². The third-order valence-electron chi connectivity index (χ3n) is 2.86. The summed E-state index contributed by atoms with van der Waals surface area (Å²) in [5.41, 5.74) is 0.448. The van der Waals surface area contributed by atoms with Crippen molar-refractivity contribution in [1.82, 2.24) is 4.31 Å². The first-order valence-corrected chi connectivity index (χ1v) is 7.82. The number of hydrogen-bond acceptors (Lipinski definition) is 5. The minimum atomic E-state index is -3.90. The van der Waals surface area contributed by atoms with Crippen LogP contribution >= 0.6 is 15.9 Å². The van der Waals surface area contributed by atoms with Crippen molar-refractivity contribution in [3.63, 3.8) is 0 Å². The predicted molar refractivity (Wildman–Crippen MR) is 76.1 cm³/mol. The molecule has 1 amide bonds. The van der Waals surface area contributed by atoms with Gasteiger partial charge in [0.15, 0.2) is 0 Å². The van der Waals surface area contributed by atoms with Gasteiger partial charge in [-0.1, -0.05) is 0 Å². The lowest BCUT2D eigenvalue weighted by Crippen LogP contribution is -2.37. The first-order valence-electron chi connectivity index (χ1n) is 5.63. The molecule has 0 aromatic heterocycles. The molecule has 1 fully saturated rings. The standard InChI is InChI=1S/C11H13BrN2O5S/c1-18-10-4-3-8(7-9(10)12)13-5-6-14(11(15)19-2)20(13,16)17/h3-4,7H,5-6H2,1-2H3. The first kappa shape index (κ1) is 14.9. The van der Waals surface area contributed by atoms with Crippen LogP contribution in [0.15, 0.2) is 22.7 Å². The van der Waals surface area contributed by atoms with Gasteiger partial charge >= 0.3 is 16.3 Å². The summed E-state index contributed by atoms with van der Waals surface area (Å²) in [5, 5.41) is 0. The largest absolute Gasteiger partial charge is 0.496 e. The van der Waals surface area contributed by atoms with E-state index in [9.17, 15) is 13.2 Å². The Morgan fingerprint density at radius 1 is 1.30 bits per heavy atom. The Labute approximate surface area is 125 Å². The molecule has 0 spiro atoms. The minimum absolute atomic E-state index is 0.0542. The van der Waals surface area contributed by atoms with Crippen LogP contribution in [0.25, 0.3) is 0 Å². The highest BCUT2D eigenvalue weighted by molar-refractivity contribution is 9.10. The maximum absolute atomic E-state index is 12.3. The van der Waals surface area contributed by atoms with Gasteiger partial charge < -0.3 is 9.47 Å². The molecule has 1 aromatic carbocycles. The van der Waals surface area contributed by atoms with Crippen molar-refractivity contribution in [1.29, 1.82) is 0 Å². The van der Waals surface area contributed by atoms with Crippen LogP contribution in [0.4, 0.5) is 10.5 Å². The summed E-state index contributed by atoms with van der Waals surface area (Å²) in [7, 11) is -1.24. The third-order valence-corrected chi connectivity index (χ3v) is 5.32. The average Bonchev–Trinajstić information content (AvgIpc) is 2.73. The number of ether oxygens (including phenoxy) is 2. The van der Waals surface area contributed by atoms with Gasteiger partial charge in [0.25, 0.3) is 0 Å². The zero-order chi connectivity index (χ0) is 14.9. The third kappa shape index (κ3) is 2.42. The van der Waals surface area contributed by atoms with E-state index in [1.165, 1.54) is 7.11 Å². The van der Waals surface area contributed by atoms with Crippen LogP contribution in [0, 0.1) is 0 Å². The van der Waals surface area contributed by atoms with Gasteiger partial charge in [-0.15, -0.1) is 0 Å². The second-order valence-electron chi connectivity index (χ2n) is 3.94. The SMILES string of the molecule is COC(=O)N1CCN(c2ccc(OC)c(Br)c2)S1(=O)=O. The predicted octanol–water partition coefficient (Wildman–Crippen LogP) is 1.59. The summed E-state index contributed by atoms with van der Waals surface area (Å²) >= 11 is 3.30. The molecule has 0 aliphatic carbocycles. The molecule has 110 valence electrons. The van der Waals surface area contributed by atoms with Crippen LogP contribution < -0.4 is 9.04 Å². The summed E-state index contributed by atoms with van der Waals surface area (Å²) in [4.78, 5) is 11.4. The van der Waals surface area contributed by atoms with Crippen molar-refractivity contribution >= 4 is 37.9 Å². The molecule has 1 aliphatic rings. The lowest BCUT2D eigenvalue weighted by atomic mass is 10.3. The Balaban J connectivity index is 2.35. The number of amides is 1. The first-order chi connectivity index (χ1) is 9.41. The molecule has 7 nitrogen and oxygen atoms in total. The summed E-state index contributed by atoms with van der Waals surface area (Å²) in [6.45, 7) is 0.231. The smallest absolute Gasteiger partial charge is 0.424 e. The molecular weight excluding hydrogens is 352 g/mol.